The van der Waals surface area contributed by atoms with Gasteiger partial charge in [0.25, 0.3) is 0 Å². The molecule has 1 heterocycles. The van der Waals surface area contributed by atoms with E-state index in [1.807, 2.05) is 37.3 Å². The van der Waals surface area contributed by atoms with Crippen molar-refractivity contribution >= 4 is 34.8 Å². The van der Waals surface area contributed by atoms with Crippen molar-refractivity contribution < 1.29 is 9.59 Å². The Morgan fingerprint density at radius 3 is 2.60 bits per heavy atom. The highest BCUT2D eigenvalue weighted by atomic mass is 35.5. The fourth-order valence-electron chi connectivity index (χ4n) is 3.00. The van der Waals surface area contributed by atoms with E-state index >= 15 is 0 Å². The summed E-state index contributed by atoms with van der Waals surface area (Å²) < 4.78 is 0. The lowest BCUT2D eigenvalue weighted by molar-refractivity contribution is -0.122. The molecule has 1 atom stereocenters. The van der Waals surface area contributed by atoms with Crippen molar-refractivity contribution in [2.45, 2.75) is 26.7 Å². The average Bonchev–Trinajstić information content (AvgIpc) is 2.99. The normalized spacial score (nSPS) is 17.0. The lowest BCUT2D eigenvalue weighted by Gasteiger charge is -2.17. The van der Waals surface area contributed by atoms with E-state index in [0.717, 1.165) is 17.7 Å². The third-order valence-electron chi connectivity index (χ3n) is 4.53. The highest BCUT2D eigenvalue weighted by Crippen LogP contribution is 2.28. The Morgan fingerprint density at radius 1 is 1.24 bits per heavy atom. The molecule has 0 saturated carbocycles. The second kappa shape index (κ2) is 7.28. The van der Waals surface area contributed by atoms with E-state index in [4.69, 9.17) is 11.6 Å². The van der Waals surface area contributed by atoms with Crippen LogP contribution in [0.3, 0.4) is 0 Å². The monoisotopic (exact) mass is 356 g/mol. The fourth-order valence-corrected chi connectivity index (χ4v) is 3.28. The molecule has 0 radical (unpaired) electrons. The van der Waals surface area contributed by atoms with E-state index in [2.05, 4.69) is 12.2 Å². The quantitative estimate of drug-likeness (QED) is 0.892. The summed E-state index contributed by atoms with van der Waals surface area (Å²) in [6.07, 6.45) is 1.17. The van der Waals surface area contributed by atoms with Crippen molar-refractivity contribution in [2.75, 3.05) is 16.8 Å². The van der Waals surface area contributed by atoms with Gasteiger partial charge in [-0.25, -0.2) is 0 Å². The Hall–Kier alpha value is -2.33. The van der Waals surface area contributed by atoms with Crippen LogP contribution in [0, 0.1) is 12.8 Å². The zero-order valence-corrected chi connectivity index (χ0v) is 15.1. The van der Waals surface area contributed by atoms with Crippen molar-refractivity contribution in [1.82, 2.24) is 0 Å². The van der Waals surface area contributed by atoms with Gasteiger partial charge in [-0.05, 0) is 48.7 Å². The topological polar surface area (TPSA) is 49.4 Å². The minimum Gasteiger partial charge on any atom is -0.324 e. The molecule has 3 rings (SSSR count). The van der Waals surface area contributed by atoms with E-state index < -0.39 is 0 Å². The number of anilines is 2. The number of carbonyl (C=O) groups excluding carboxylic acids is 2. The molecule has 1 aliphatic rings. The predicted molar refractivity (Wildman–Crippen MR) is 101 cm³/mol. The summed E-state index contributed by atoms with van der Waals surface area (Å²) in [5.41, 5.74) is 3.67. The van der Waals surface area contributed by atoms with Crippen LogP contribution in [0.25, 0.3) is 0 Å². The Balaban J connectivity index is 1.69. The number of halogens is 1. The first kappa shape index (κ1) is 17.5. The molecular formula is C20H21ClN2O2. The van der Waals surface area contributed by atoms with Gasteiger partial charge in [-0.1, -0.05) is 36.7 Å². The second-order valence-electron chi connectivity index (χ2n) is 6.40. The van der Waals surface area contributed by atoms with E-state index in [0.29, 0.717) is 17.3 Å². The number of nitrogens with zero attached hydrogens (tertiary/aromatic N) is 1. The van der Waals surface area contributed by atoms with E-state index in [9.17, 15) is 9.59 Å². The van der Waals surface area contributed by atoms with Gasteiger partial charge in [0.2, 0.25) is 11.8 Å². The zero-order chi connectivity index (χ0) is 18.0. The van der Waals surface area contributed by atoms with Crippen LogP contribution in [0.1, 0.15) is 24.5 Å². The van der Waals surface area contributed by atoms with Crippen molar-refractivity contribution in [3.8, 4) is 0 Å². The molecule has 2 aromatic carbocycles. The third kappa shape index (κ3) is 3.85. The largest absolute Gasteiger partial charge is 0.324 e. The maximum Gasteiger partial charge on any atom is 0.229 e. The van der Waals surface area contributed by atoms with Crippen molar-refractivity contribution in [3.05, 3.63) is 58.6 Å². The molecular weight excluding hydrogens is 336 g/mol. The molecule has 0 aromatic heterocycles. The molecule has 2 aromatic rings. The van der Waals surface area contributed by atoms with E-state index in [-0.39, 0.29) is 24.2 Å². The number of hydrogen-bond acceptors (Lipinski definition) is 2. The number of carbonyl (C=O) groups is 2. The van der Waals surface area contributed by atoms with Crippen LogP contribution in [0.5, 0.6) is 0 Å². The summed E-state index contributed by atoms with van der Waals surface area (Å²) in [5.74, 6) is -0.582. The molecule has 4 nitrogen and oxygen atoms in total. The molecule has 5 heteroatoms. The van der Waals surface area contributed by atoms with Crippen LogP contribution in [0.2, 0.25) is 5.02 Å². The molecule has 1 N–H and O–H groups in total. The highest BCUT2D eigenvalue weighted by molar-refractivity contribution is 6.33. The fraction of sp³-hybridized carbons (Fsp3) is 0.300. The first-order chi connectivity index (χ1) is 12.0. The molecule has 0 bridgehead atoms. The van der Waals surface area contributed by atoms with Crippen molar-refractivity contribution in [1.29, 1.82) is 0 Å². The maximum atomic E-state index is 12.5. The second-order valence-corrected chi connectivity index (χ2v) is 6.81. The molecule has 2 amide bonds. The van der Waals surface area contributed by atoms with Crippen LogP contribution < -0.4 is 10.2 Å². The number of rotatable bonds is 4. The Labute approximate surface area is 152 Å². The molecule has 130 valence electrons. The maximum absolute atomic E-state index is 12.5. The van der Waals surface area contributed by atoms with E-state index in [1.54, 1.807) is 17.0 Å². The summed E-state index contributed by atoms with van der Waals surface area (Å²) in [6, 6.07) is 13.4. The lowest BCUT2D eigenvalue weighted by atomic mass is 10.1. The van der Waals surface area contributed by atoms with Crippen LogP contribution in [0.4, 0.5) is 11.4 Å². The van der Waals surface area contributed by atoms with Gasteiger partial charge in [-0.3, -0.25) is 9.59 Å². The Morgan fingerprint density at radius 2 is 1.96 bits per heavy atom. The first-order valence-electron chi connectivity index (χ1n) is 8.44. The van der Waals surface area contributed by atoms with E-state index in [1.165, 1.54) is 5.56 Å². The Kier molecular flexibility index (Phi) is 5.09. The minimum absolute atomic E-state index is 0.0283. The first-order valence-corrected chi connectivity index (χ1v) is 8.82. The van der Waals surface area contributed by atoms with Crippen LogP contribution in [0.15, 0.2) is 42.5 Å². The van der Waals surface area contributed by atoms with Gasteiger partial charge >= 0.3 is 0 Å². The van der Waals surface area contributed by atoms with Crippen molar-refractivity contribution in [2.24, 2.45) is 5.92 Å². The lowest BCUT2D eigenvalue weighted by Crippen LogP contribution is -2.28. The predicted octanol–water partition coefficient (Wildman–Crippen LogP) is 4.20. The molecule has 25 heavy (non-hydrogen) atoms. The van der Waals surface area contributed by atoms with Gasteiger partial charge in [0.05, 0.1) is 16.6 Å². The Bertz CT molecular complexity index is 802. The number of hydrogen-bond donors (Lipinski definition) is 1. The van der Waals surface area contributed by atoms with Crippen molar-refractivity contribution in [3.63, 3.8) is 0 Å². The summed E-state index contributed by atoms with van der Waals surface area (Å²) in [5, 5.41) is 3.34. The minimum atomic E-state index is -0.379. The average molecular weight is 357 g/mol. The zero-order valence-electron chi connectivity index (χ0n) is 14.4. The molecule has 1 aliphatic heterocycles. The molecule has 1 fully saturated rings. The molecule has 0 unspecified atom stereocenters. The van der Waals surface area contributed by atoms with Crippen LogP contribution in [-0.4, -0.2) is 18.4 Å². The molecule has 0 aliphatic carbocycles. The highest BCUT2D eigenvalue weighted by Gasteiger charge is 2.35. The number of aryl methyl sites for hydroxylation is 2. The van der Waals surface area contributed by atoms with Gasteiger partial charge in [0, 0.05) is 18.7 Å². The van der Waals surface area contributed by atoms with Crippen LogP contribution >= 0.6 is 11.6 Å². The number of amides is 2. The SMILES string of the molecule is CCc1ccc(N2C[C@H](C(=O)Nc3ccc(C)cc3Cl)CC2=O)cc1. The van der Waals surface area contributed by atoms with Gasteiger partial charge in [-0.15, -0.1) is 0 Å². The number of benzene rings is 2. The van der Waals surface area contributed by atoms with Gasteiger partial charge < -0.3 is 10.2 Å². The third-order valence-corrected chi connectivity index (χ3v) is 4.85. The smallest absolute Gasteiger partial charge is 0.229 e. The summed E-state index contributed by atoms with van der Waals surface area (Å²) in [4.78, 5) is 26.5. The van der Waals surface area contributed by atoms with Gasteiger partial charge in [0.15, 0.2) is 0 Å². The standard InChI is InChI=1S/C20H21ClN2O2/c1-3-14-5-7-16(8-6-14)23-12-15(11-19(23)24)20(25)22-18-9-4-13(2)10-17(18)21/h4-10,15H,3,11-12H2,1-2H3,(H,22,25)/t15-/m1/s1. The molecule has 1 saturated heterocycles. The molecule has 0 spiro atoms. The summed E-state index contributed by atoms with van der Waals surface area (Å²) >= 11 is 6.17. The van der Waals surface area contributed by atoms with Crippen LogP contribution in [-0.2, 0) is 16.0 Å². The van der Waals surface area contributed by atoms with Gasteiger partial charge in [-0.2, -0.15) is 0 Å². The summed E-state index contributed by atoms with van der Waals surface area (Å²) in [7, 11) is 0. The number of nitrogens with one attached hydrogen (secondary N) is 1. The van der Waals surface area contributed by atoms with Gasteiger partial charge in [0.1, 0.15) is 0 Å². The summed E-state index contributed by atoms with van der Waals surface area (Å²) in [6.45, 7) is 4.42.